The number of likely N-dealkylation sites (N-methyl/N-ethyl adjacent to an activating group) is 1. The summed E-state index contributed by atoms with van der Waals surface area (Å²) in [5, 5.41) is 11.1. The quantitative estimate of drug-likeness (QED) is 0.616. The van der Waals surface area contributed by atoms with E-state index in [9.17, 15) is 18.0 Å². The number of hydrogen-bond acceptors (Lipinski definition) is 5. The van der Waals surface area contributed by atoms with Crippen molar-refractivity contribution >= 4 is 21.9 Å². The number of aliphatic carboxylic acids is 1. The van der Waals surface area contributed by atoms with Crippen LogP contribution in [0.1, 0.15) is 6.92 Å². The Bertz CT molecular complexity index is 421. The van der Waals surface area contributed by atoms with Crippen molar-refractivity contribution in [2.45, 2.75) is 13.0 Å². The molecule has 2 N–H and O–H groups in total. The van der Waals surface area contributed by atoms with Crippen LogP contribution in [0.15, 0.2) is 0 Å². The lowest BCUT2D eigenvalue weighted by molar-refractivity contribution is -0.134. The Balaban J connectivity index is 2.88. The average molecular weight is 280 g/mol. The van der Waals surface area contributed by atoms with Gasteiger partial charge in [0.2, 0.25) is 15.9 Å². The smallest absolute Gasteiger partial charge is 0.320 e. The topological polar surface area (TPSA) is 113 Å². The maximum atomic E-state index is 11.8. The standard InChI is InChI=1S/C9H16N2O6S/c1-2-10-9(14)7-5-17-4-3-11(7)18(15,16)6-8(12)13/h7H,2-6H2,1H3,(H,10,14)(H,12,13). The number of nitrogens with zero attached hydrogens (tertiary/aromatic N) is 1. The molecule has 1 rings (SSSR count). The molecule has 0 aliphatic carbocycles. The number of nitrogens with one attached hydrogen (secondary N) is 1. The van der Waals surface area contributed by atoms with E-state index < -0.39 is 33.7 Å². The summed E-state index contributed by atoms with van der Waals surface area (Å²) in [5.74, 6) is -2.95. The van der Waals surface area contributed by atoms with Crippen LogP contribution in [0.3, 0.4) is 0 Å². The SMILES string of the molecule is CCNC(=O)C1COCCN1S(=O)(=O)CC(=O)O. The Morgan fingerprint density at radius 1 is 1.50 bits per heavy atom. The first-order valence-corrected chi connectivity index (χ1v) is 7.06. The molecule has 0 bridgehead atoms. The number of amides is 1. The normalized spacial score (nSPS) is 21.5. The van der Waals surface area contributed by atoms with Crippen molar-refractivity contribution in [3.8, 4) is 0 Å². The van der Waals surface area contributed by atoms with Gasteiger partial charge in [0, 0.05) is 13.1 Å². The predicted octanol–water partition coefficient (Wildman–Crippen LogP) is -1.76. The number of sulfonamides is 1. The van der Waals surface area contributed by atoms with Gasteiger partial charge in [-0.1, -0.05) is 0 Å². The van der Waals surface area contributed by atoms with Gasteiger partial charge in [-0.3, -0.25) is 9.59 Å². The monoisotopic (exact) mass is 280 g/mol. The first kappa shape index (κ1) is 14.9. The summed E-state index contributed by atoms with van der Waals surface area (Å²) in [6, 6.07) is -0.997. The molecule has 1 fully saturated rings. The number of hydrogen-bond donors (Lipinski definition) is 2. The van der Waals surface area contributed by atoms with Crippen molar-refractivity contribution in [2.75, 3.05) is 32.1 Å². The molecule has 0 aromatic rings. The molecule has 8 nitrogen and oxygen atoms in total. The molecular formula is C9H16N2O6S. The van der Waals surface area contributed by atoms with Crippen molar-refractivity contribution < 1.29 is 27.9 Å². The minimum absolute atomic E-state index is 0.0165. The zero-order valence-corrected chi connectivity index (χ0v) is 10.8. The minimum Gasteiger partial charge on any atom is -0.480 e. The van der Waals surface area contributed by atoms with E-state index in [0.717, 1.165) is 4.31 Å². The summed E-state index contributed by atoms with van der Waals surface area (Å²) in [5.41, 5.74) is 0. The maximum Gasteiger partial charge on any atom is 0.320 e. The third kappa shape index (κ3) is 3.65. The maximum absolute atomic E-state index is 11.8. The highest BCUT2D eigenvalue weighted by Crippen LogP contribution is 2.13. The summed E-state index contributed by atoms with van der Waals surface area (Å²) in [6.45, 7) is 2.14. The van der Waals surface area contributed by atoms with Crippen LogP contribution >= 0.6 is 0 Å². The highest BCUT2D eigenvalue weighted by Gasteiger charge is 2.38. The number of carbonyl (C=O) groups excluding carboxylic acids is 1. The van der Waals surface area contributed by atoms with Gasteiger partial charge < -0.3 is 15.2 Å². The van der Waals surface area contributed by atoms with E-state index in [4.69, 9.17) is 9.84 Å². The van der Waals surface area contributed by atoms with E-state index >= 15 is 0 Å². The number of ether oxygens (including phenoxy) is 1. The lowest BCUT2D eigenvalue weighted by Crippen LogP contribution is -2.56. The lowest BCUT2D eigenvalue weighted by atomic mass is 10.2. The van der Waals surface area contributed by atoms with Crippen LogP contribution in [0.5, 0.6) is 0 Å². The average Bonchev–Trinajstić information content (AvgIpc) is 2.27. The van der Waals surface area contributed by atoms with Crippen molar-refractivity contribution in [2.24, 2.45) is 0 Å². The zero-order chi connectivity index (χ0) is 13.8. The fourth-order valence-electron chi connectivity index (χ4n) is 1.66. The van der Waals surface area contributed by atoms with Gasteiger partial charge in [-0.2, -0.15) is 4.31 Å². The van der Waals surface area contributed by atoms with E-state index in [1.165, 1.54) is 0 Å². The molecule has 18 heavy (non-hydrogen) atoms. The van der Waals surface area contributed by atoms with Crippen LogP contribution in [-0.2, 0) is 24.3 Å². The second-order valence-corrected chi connectivity index (χ2v) is 5.67. The predicted molar refractivity (Wildman–Crippen MR) is 61.4 cm³/mol. The molecule has 0 aromatic heterocycles. The van der Waals surface area contributed by atoms with Crippen LogP contribution in [0, 0.1) is 0 Å². The van der Waals surface area contributed by atoms with Gasteiger partial charge in [0.1, 0.15) is 6.04 Å². The van der Waals surface area contributed by atoms with E-state index in [2.05, 4.69) is 5.32 Å². The molecule has 1 aliphatic rings. The Hall–Kier alpha value is -1.19. The van der Waals surface area contributed by atoms with Crippen LogP contribution in [-0.4, -0.2) is 67.8 Å². The second-order valence-electron chi connectivity index (χ2n) is 3.75. The van der Waals surface area contributed by atoms with Crippen molar-refractivity contribution in [3.63, 3.8) is 0 Å². The van der Waals surface area contributed by atoms with E-state index in [1.54, 1.807) is 6.92 Å². The number of rotatable bonds is 5. The molecule has 1 saturated heterocycles. The van der Waals surface area contributed by atoms with E-state index in [1.807, 2.05) is 0 Å². The number of carboxylic acid groups (broad SMARTS) is 1. The molecule has 0 spiro atoms. The molecule has 0 saturated carbocycles. The van der Waals surface area contributed by atoms with Crippen molar-refractivity contribution in [1.29, 1.82) is 0 Å². The first-order valence-electron chi connectivity index (χ1n) is 5.45. The highest BCUT2D eigenvalue weighted by atomic mass is 32.2. The largest absolute Gasteiger partial charge is 0.480 e. The lowest BCUT2D eigenvalue weighted by Gasteiger charge is -2.32. The van der Waals surface area contributed by atoms with Crippen molar-refractivity contribution in [1.82, 2.24) is 9.62 Å². The van der Waals surface area contributed by atoms with Crippen LogP contribution in [0.4, 0.5) is 0 Å². The molecule has 104 valence electrons. The second kappa shape index (κ2) is 6.12. The summed E-state index contributed by atoms with van der Waals surface area (Å²) in [6.07, 6.45) is 0. The van der Waals surface area contributed by atoms with Crippen LogP contribution in [0.2, 0.25) is 0 Å². The van der Waals surface area contributed by atoms with Gasteiger partial charge in [0.05, 0.1) is 13.2 Å². The number of carbonyl (C=O) groups is 2. The van der Waals surface area contributed by atoms with Gasteiger partial charge >= 0.3 is 5.97 Å². The van der Waals surface area contributed by atoms with Gasteiger partial charge in [0.25, 0.3) is 0 Å². The Morgan fingerprint density at radius 3 is 2.72 bits per heavy atom. The van der Waals surface area contributed by atoms with Gasteiger partial charge in [-0.15, -0.1) is 0 Å². The van der Waals surface area contributed by atoms with E-state index in [0.29, 0.717) is 6.54 Å². The number of carboxylic acids is 1. The fourth-order valence-corrected chi connectivity index (χ4v) is 3.03. The molecule has 1 unspecified atom stereocenters. The summed E-state index contributed by atoms with van der Waals surface area (Å²) >= 11 is 0. The molecule has 9 heteroatoms. The first-order chi connectivity index (χ1) is 8.38. The summed E-state index contributed by atoms with van der Waals surface area (Å²) < 4.78 is 29.6. The molecule has 1 amide bonds. The molecule has 1 aliphatic heterocycles. The molecule has 0 radical (unpaired) electrons. The van der Waals surface area contributed by atoms with Gasteiger partial charge in [-0.05, 0) is 6.92 Å². The molecule has 0 aromatic carbocycles. The zero-order valence-electron chi connectivity index (χ0n) is 9.96. The van der Waals surface area contributed by atoms with Gasteiger partial charge in [-0.25, -0.2) is 8.42 Å². The Morgan fingerprint density at radius 2 is 2.17 bits per heavy atom. The molecule has 1 atom stereocenters. The van der Waals surface area contributed by atoms with E-state index in [-0.39, 0.29) is 19.8 Å². The Labute approximate surface area is 105 Å². The Kier molecular flexibility index (Phi) is 5.05. The van der Waals surface area contributed by atoms with Gasteiger partial charge in [0.15, 0.2) is 5.75 Å². The minimum atomic E-state index is -4.00. The summed E-state index contributed by atoms with van der Waals surface area (Å²) in [7, 11) is -4.00. The molecule has 1 heterocycles. The third-order valence-corrected chi connectivity index (χ3v) is 4.16. The van der Waals surface area contributed by atoms with Crippen LogP contribution < -0.4 is 5.32 Å². The number of morpholine rings is 1. The fraction of sp³-hybridized carbons (Fsp3) is 0.778. The summed E-state index contributed by atoms with van der Waals surface area (Å²) in [4.78, 5) is 22.2. The molecular weight excluding hydrogens is 264 g/mol. The van der Waals surface area contributed by atoms with Crippen molar-refractivity contribution in [3.05, 3.63) is 0 Å². The third-order valence-electron chi connectivity index (χ3n) is 2.40. The van der Waals surface area contributed by atoms with Crippen LogP contribution in [0.25, 0.3) is 0 Å². The highest BCUT2D eigenvalue weighted by molar-refractivity contribution is 7.89.